The lowest BCUT2D eigenvalue weighted by atomic mass is 9.95. The summed E-state index contributed by atoms with van der Waals surface area (Å²) in [6, 6.07) is 20.6. The zero-order valence-electron chi connectivity index (χ0n) is 16.4. The van der Waals surface area contributed by atoms with E-state index >= 15 is 0 Å². The molecule has 1 unspecified atom stereocenters. The number of hydrogen-bond donors (Lipinski definition) is 1. The number of carbonyl (C=O) groups excluding carboxylic acids is 1. The molecule has 2 amide bonds. The van der Waals surface area contributed by atoms with Crippen molar-refractivity contribution in [2.45, 2.75) is 44.7 Å². The highest BCUT2D eigenvalue weighted by molar-refractivity contribution is 5.75. The lowest BCUT2D eigenvalue weighted by Gasteiger charge is -2.47. The fraction of sp³-hybridized carbons (Fsp3) is 0.435. The average Bonchev–Trinajstić information content (AvgIpc) is 2.68. The maximum Gasteiger partial charge on any atom is 0.318 e. The summed E-state index contributed by atoms with van der Waals surface area (Å²) in [5.74, 6) is 0. The van der Waals surface area contributed by atoms with Crippen molar-refractivity contribution in [2.75, 3.05) is 19.8 Å². The summed E-state index contributed by atoms with van der Waals surface area (Å²) in [5, 5.41) is 3.13. The van der Waals surface area contributed by atoms with Gasteiger partial charge >= 0.3 is 6.03 Å². The number of aryl methyl sites for hydroxylation is 1. The number of benzene rings is 2. The smallest absolute Gasteiger partial charge is 0.318 e. The van der Waals surface area contributed by atoms with Crippen LogP contribution in [0.4, 0.5) is 4.79 Å². The van der Waals surface area contributed by atoms with Gasteiger partial charge in [-0.05, 0) is 44.2 Å². The zero-order valence-corrected chi connectivity index (χ0v) is 16.4. The molecule has 0 bridgehead atoms. The molecule has 0 saturated carbocycles. The standard InChI is InChI=1S/C23H30N2O2/c1-23(2)18-27-17-21(20-14-7-4-8-15-20)25(23)22(26)24-16-10-9-13-19-11-5-3-6-12-19/h3-8,11-12,14-15,21H,9-10,13,16-18H2,1-2H3,(H,24,26). The van der Waals surface area contributed by atoms with E-state index in [0.717, 1.165) is 24.8 Å². The summed E-state index contributed by atoms with van der Waals surface area (Å²) >= 11 is 0. The summed E-state index contributed by atoms with van der Waals surface area (Å²) in [4.78, 5) is 15.0. The molecule has 0 radical (unpaired) electrons. The van der Waals surface area contributed by atoms with Crippen LogP contribution in [-0.2, 0) is 11.2 Å². The van der Waals surface area contributed by atoms with Crippen LogP contribution in [0.2, 0.25) is 0 Å². The molecule has 1 fully saturated rings. The molecule has 4 nitrogen and oxygen atoms in total. The van der Waals surface area contributed by atoms with Crippen LogP contribution in [0.15, 0.2) is 60.7 Å². The number of hydrogen-bond acceptors (Lipinski definition) is 2. The molecular weight excluding hydrogens is 336 g/mol. The van der Waals surface area contributed by atoms with Crippen molar-refractivity contribution in [1.29, 1.82) is 0 Å². The van der Waals surface area contributed by atoms with Gasteiger partial charge in [0.2, 0.25) is 0 Å². The molecular formula is C23H30N2O2. The summed E-state index contributed by atoms with van der Waals surface area (Å²) in [5.41, 5.74) is 2.12. The van der Waals surface area contributed by atoms with Crippen molar-refractivity contribution in [2.24, 2.45) is 0 Å². The van der Waals surface area contributed by atoms with Crippen LogP contribution in [0.5, 0.6) is 0 Å². The van der Waals surface area contributed by atoms with Gasteiger partial charge in [-0.25, -0.2) is 4.79 Å². The third-order valence-corrected chi connectivity index (χ3v) is 5.11. The average molecular weight is 367 g/mol. The van der Waals surface area contributed by atoms with Gasteiger partial charge in [0, 0.05) is 6.54 Å². The fourth-order valence-corrected chi connectivity index (χ4v) is 3.70. The molecule has 1 aliphatic rings. The first-order chi connectivity index (χ1) is 13.1. The molecule has 3 rings (SSSR count). The van der Waals surface area contributed by atoms with E-state index in [-0.39, 0.29) is 17.6 Å². The van der Waals surface area contributed by atoms with Gasteiger partial charge in [0.05, 0.1) is 24.8 Å². The molecule has 144 valence electrons. The van der Waals surface area contributed by atoms with E-state index in [2.05, 4.69) is 55.6 Å². The normalized spacial score (nSPS) is 18.9. The number of urea groups is 1. The van der Waals surface area contributed by atoms with Gasteiger partial charge in [-0.2, -0.15) is 0 Å². The van der Waals surface area contributed by atoms with E-state index in [1.807, 2.05) is 29.2 Å². The number of rotatable bonds is 6. The van der Waals surface area contributed by atoms with Crippen molar-refractivity contribution in [3.05, 3.63) is 71.8 Å². The first-order valence-electron chi connectivity index (χ1n) is 9.82. The number of ether oxygens (including phenoxy) is 1. The Morgan fingerprint density at radius 3 is 2.44 bits per heavy atom. The summed E-state index contributed by atoms with van der Waals surface area (Å²) in [6.45, 7) is 5.92. The second kappa shape index (κ2) is 9.05. The maximum absolute atomic E-state index is 13.0. The van der Waals surface area contributed by atoms with E-state index in [1.54, 1.807) is 0 Å². The lowest BCUT2D eigenvalue weighted by Crippen LogP contribution is -2.59. The molecule has 1 saturated heterocycles. The molecule has 0 aromatic heterocycles. The third kappa shape index (κ3) is 5.10. The predicted molar refractivity (Wildman–Crippen MR) is 109 cm³/mol. The largest absolute Gasteiger partial charge is 0.377 e. The van der Waals surface area contributed by atoms with Crippen LogP contribution >= 0.6 is 0 Å². The topological polar surface area (TPSA) is 41.6 Å². The number of amides is 2. The maximum atomic E-state index is 13.0. The Morgan fingerprint density at radius 1 is 1.07 bits per heavy atom. The van der Waals surface area contributed by atoms with Gasteiger partial charge in [-0.1, -0.05) is 60.7 Å². The lowest BCUT2D eigenvalue weighted by molar-refractivity contribution is -0.0656. The van der Waals surface area contributed by atoms with E-state index in [4.69, 9.17) is 4.74 Å². The minimum Gasteiger partial charge on any atom is -0.377 e. The van der Waals surface area contributed by atoms with Gasteiger partial charge in [0.15, 0.2) is 0 Å². The first-order valence-corrected chi connectivity index (χ1v) is 9.82. The Bertz CT molecular complexity index is 716. The summed E-state index contributed by atoms with van der Waals surface area (Å²) in [6.07, 6.45) is 3.09. The number of nitrogens with one attached hydrogen (secondary N) is 1. The molecule has 1 aliphatic heterocycles. The SMILES string of the molecule is CC1(C)COCC(c2ccccc2)N1C(=O)NCCCCc1ccccc1. The zero-order chi connectivity index (χ0) is 19.1. The fourth-order valence-electron chi connectivity index (χ4n) is 3.70. The quantitative estimate of drug-likeness (QED) is 0.761. The van der Waals surface area contributed by atoms with E-state index in [9.17, 15) is 4.79 Å². The number of nitrogens with zero attached hydrogens (tertiary/aromatic N) is 1. The Hall–Kier alpha value is -2.33. The van der Waals surface area contributed by atoms with Crippen molar-refractivity contribution in [3.8, 4) is 0 Å². The molecule has 1 atom stereocenters. The van der Waals surface area contributed by atoms with E-state index in [1.165, 1.54) is 5.56 Å². The Labute approximate surface area is 162 Å². The molecule has 0 aliphatic carbocycles. The van der Waals surface area contributed by atoms with E-state index in [0.29, 0.717) is 19.8 Å². The Kier molecular flexibility index (Phi) is 6.51. The van der Waals surface area contributed by atoms with Gasteiger partial charge < -0.3 is 15.0 Å². The minimum absolute atomic E-state index is 0.00290. The molecule has 4 heteroatoms. The highest BCUT2D eigenvalue weighted by atomic mass is 16.5. The van der Waals surface area contributed by atoms with Crippen LogP contribution < -0.4 is 5.32 Å². The van der Waals surface area contributed by atoms with Crippen LogP contribution in [-0.4, -0.2) is 36.2 Å². The highest BCUT2D eigenvalue weighted by Crippen LogP contribution is 2.33. The predicted octanol–water partition coefficient (Wildman–Crippen LogP) is 4.57. The number of morpholine rings is 1. The monoisotopic (exact) mass is 366 g/mol. The number of carbonyl (C=O) groups is 1. The van der Waals surface area contributed by atoms with Gasteiger partial charge in [0.1, 0.15) is 0 Å². The third-order valence-electron chi connectivity index (χ3n) is 5.11. The number of unbranched alkanes of at least 4 members (excludes halogenated alkanes) is 1. The van der Waals surface area contributed by atoms with Crippen molar-refractivity contribution in [1.82, 2.24) is 10.2 Å². The van der Waals surface area contributed by atoms with Gasteiger partial charge in [-0.3, -0.25) is 0 Å². The molecule has 0 spiro atoms. The van der Waals surface area contributed by atoms with Gasteiger partial charge in [0.25, 0.3) is 0 Å². The second-order valence-electron chi connectivity index (χ2n) is 7.80. The van der Waals surface area contributed by atoms with Crippen LogP contribution in [0.3, 0.4) is 0 Å². The Morgan fingerprint density at radius 2 is 1.74 bits per heavy atom. The van der Waals surface area contributed by atoms with Crippen molar-refractivity contribution >= 4 is 6.03 Å². The van der Waals surface area contributed by atoms with Crippen LogP contribution in [0, 0.1) is 0 Å². The van der Waals surface area contributed by atoms with Crippen molar-refractivity contribution in [3.63, 3.8) is 0 Å². The molecule has 1 N–H and O–H groups in total. The van der Waals surface area contributed by atoms with Crippen molar-refractivity contribution < 1.29 is 9.53 Å². The van der Waals surface area contributed by atoms with Gasteiger partial charge in [-0.15, -0.1) is 0 Å². The molecule has 27 heavy (non-hydrogen) atoms. The second-order valence-corrected chi connectivity index (χ2v) is 7.80. The van der Waals surface area contributed by atoms with Crippen LogP contribution in [0.1, 0.15) is 43.9 Å². The first kappa shape index (κ1) is 19.4. The highest BCUT2D eigenvalue weighted by Gasteiger charge is 2.41. The Balaban J connectivity index is 1.55. The van der Waals surface area contributed by atoms with Crippen LogP contribution in [0.25, 0.3) is 0 Å². The summed E-state index contributed by atoms with van der Waals surface area (Å²) < 4.78 is 5.80. The van der Waals surface area contributed by atoms with E-state index < -0.39 is 0 Å². The summed E-state index contributed by atoms with van der Waals surface area (Å²) in [7, 11) is 0. The molecule has 1 heterocycles. The molecule has 2 aromatic rings. The molecule has 2 aromatic carbocycles. The minimum atomic E-state index is -0.340.